The Morgan fingerprint density at radius 1 is 1.37 bits per heavy atom. The minimum Gasteiger partial charge on any atom is -0.496 e. The van der Waals surface area contributed by atoms with Gasteiger partial charge in [0.05, 0.1) is 20.3 Å². The molecule has 0 saturated heterocycles. The fourth-order valence-corrected chi connectivity index (χ4v) is 1.79. The zero-order valence-electron chi connectivity index (χ0n) is 11.2. The first-order valence-corrected chi connectivity index (χ1v) is 6.34. The van der Waals surface area contributed by atoms with Crippen LogP contribution in [0.5, 0.6) is 5.75 Å². The summed E-state index contributed by atoms with van der Waals surface area (Å²) in [6, 6.07) is 5.45. The molecule has 0 heterocycles. The summed E-state index contributed by atoms with van der Waals surface area (Å²) < 4.78 is 10.1. The first-order chi connectivity index (χ1) is 9.19. The van der Waals surface area contributed by atoms with Crippen LogP contribution in [-0.4, -0.2) is 39.8 Å². The summed E-state index contributed by atoms with van der Waals surface area (Å²) in [7, 11) is 3.18. The summed E-state index contributed by atoms with van der Waals surface area (Å²) >= 11 is 6.09. The molecule has 6 heteroatoms. The van der Waals surface area contributed by atoms with Gasteiger partial charge in [0.2, 0.25) is 5.91 Å². The van der Waals surface area contributed by atoms with Gasteiger partial charge in [-0.25, -0.2) is 0 Å². The topological polar surface area (TPSA) is 59.6 Å². The van der Waals surface area contributed by atoms with E-state index in [9.17, 15) is 4.79 Å². The highest BCUT2D eigenvalue weighted by molar-refractivity contribution is 6.31. The maximum Gasteiger partial charge on any atom is 0.234 e. The molecule has 0 atom stereocenters. The molecule has 0 radical (unpaired) electrons. The number of benzene rings is 1. The Kier molecular flexibility index (Phi) is 7.25. The number of hydrogen-bond acceptors (Lipinski definition) is 4. The molecule has 1 rings (SSSR count). The minimum atomic E-state index is -0.0805. The van der Waals surface area contributed by atoms with E-state index in [1.54, 1.807) is 20.3 Å². The summed E-state index contributed by atoms with van der Waals surface area (Å²) in [6.07, 6.45) is 0. The zero-order valence-corrected chi connectivity index (χ0v) is 11.9. The summed E-state index contributed by atoms with van der Waals surface area (Å²) in [4.78, 5) is 11.5. The van der Waals surface area contributed by atoms with Gasteiger partial charge in [-0.05, 0) is 12.1 Å². The normalized spacial score (nSPS) is 10.3. The van der Waals surface area contributed by atoms with E-state index < -0.39 is 0 Å². The van der Waals surface area contributed by atoms with Gasteiger partial charge in [0, 0.05) is 30.8 Å². The summed E-state index contributed by atoms with van der Waals surface area (Å²) in [5.74, 6) is 0.628. The lowest BCUT2D eigenvalue weighted by Crippen LogP contribution is -2.35. The van der Waals surface area contributed by atoms with Gasteiger partial charge in [0.1, 0.15) is 5.75 Å². The summed E-state index contributed by atoms with van der Waals surface area (Å²) in [5, 5.41) is 6.37. The number of nitrogens with one attached hydrogen (secondary N) is 2. The van der Waals surface area contributed by atoms with E-state index in [2.05, 4.69) is 10.6 Å². The van der Waals surface area contributed by atoms with Crippen molar-refractivity contribution in [3.63, 3.8) is 0 Å². The fraction of sp³-hybridized carbons (Fsp3) is 0.462. The van der Waals surface area contributed by atoms with Gasteiger partial charge in [-0.3, -0.25) is 4.79 Å². The molecule has 19 heavy (non-hydrogen) atoms. The number of carbonyl (C=O) groups is 1. The van der Waals surface area contributed by atoms with Crippen LogP contribution < -0.4 is 15.4 Å². The largest absolute Gasteiger partial charge is 0.496 e. The molecule has 0 saturated carbocycles. The first kappa shape index (κ1) is 15.8. The number of rotatable bonds is 8. The van der Waals surface area contributed by atoms with Gasteiger partial charge in [-0.2, -0.15) is 0 Å². The van der Waals surface area contributed by atoms with Crippen molar-refractivity contribution in [1.29, 1.82) is 0 Å². The van der Waals surface area contributed by atoms with Crippen LogP contribution in [0.15, 0.2) is 18.2 Å². The highest BCUT2D eigenvalue weighted by atomic mass is 35.5. The van der Waals surface area contributed by atoms with Gasteiger partial charge in [0.25, 0.3) is 0 Å². The molecule has 0 aromatic heterocycles. The highest BCUT2D eigenvalue weighted by Gasteiger charge is 2.08. The minimum absolute atomic E-state index is 0.0805. The Hall–Kier alpha value is -1.30. The van der Waals surface area contributed by atoms with E-state index in [0.29, 0.717) is 30.5 Å². The van der Waals surface area contributed by atoms with Crippen molar-refractivity contribution >= 4 is 17.5 Å². The van der Waals surface area contributed by atoms with Crippen molar-refractivity contribution < 1.29 is 14.3 Å². The maximum absolute atomic E-state index is 11.5. The van der Waals surface area contributed by atoms with E-state index in [-0.39, 0.29) is 12.5 Å². The van der Waals surface area contributed by atoms with E-state index in [1.807, 2.05) is 12.1 Å². The molecule has 1 aromatic carbocycles. The Labute approximate surface area is 118 Å². The number of hydrogen-bond donors (Lipinski definition) is 2. The van der Waals surface area contributed by atoms with Crippen molar-refractivity contribution in [1.82, 2.24) is 10.6 Å². The quantitative estimate of drug-likeness (QED) is 0.705. The molecule has 0 spiro atoms. The van der Waals surface area contributed by atoms with Crippen molar-refractivity contribution in [2.24, 2.45) is 0 Å². The molecule has 5 nitrogen and oxygen atoms in total. The van der Waals surface area contributed by atoms with Crippen molar-refractivity contribution in [2.45, 2.75) is 6.54 Å². The number of methoxy groups -OCH3 is 2. The fourth-order valence-electron chi connectivity index (χ4n) is 1.56. The molecular formula is C13H19ClN2O3. The molecule has 0 aliphatic rings. The van der Waals surface area contributed by atoms with E-state index in [4.69, 9.17) is 21.1 Å². The van der Waals surface area contributed by atoms with Gasteiger partial charge in [-0.15, -0.1) is 0 Å². The van der Waals surface area contributed by atoms with Crippen molar-refractivity contribution in [3.8, 4) is 5.75 Å². The lowest BCUT2D eigenvalue weighted by Gasteiger charge is -2.11. The van der Waals surface area contributed by atoms with Crippen LogP contribution in [0, 0.1) is 0 Å². The van der Waals surface area contributed by atoms with Crippen molar-refractivity contribution in [2.75, 3.05) is 33.9 Å². The van der Waals surface area contributed by atoms with Crippen LogP contribution in [0.2, 0.25) is 5.02 Å². The van der Waals surface area contributed by atoms with E-state index in [0.717, 1.165) is 5.56 Å². The van der Waals surface area contributed by atoms with Crippen molar-refractivity contribution in [3.05, 3.63) is 28.8 Å². The number of carbonyl (C=O) groups excluding carboxylic acids is 1. The average Bonchev–Trinajstić information content (AvgIpc) is 2.41. The van der Waals surface area contributed by atoms with Gasteiger partial charge in [-0.1, -0.05) is 17.7 Å². The third-order valence-electron chi connectivity index (χ3n) is 2.51. The smallest absolute Gasteiger partial charge is 0.234 e. The molecule has 106 valence electrons. The zero-order chi connectivity index (χ0) is 14.1. The second-order valence-corrected chi connectivity index (χ2v) is 4.27. The SMILES string of the molecule is COCCNC(=O)CNCc1c(Cl)cccc1OC. The second-order valence-electron chi connectivity index (χ2n) is 3.87. The lowest BCUT2D eigenvalue weighted by atomic mass is 10.2. The second kappa shape index (κ2) is 8.74. The third kappa shape index (κ3) is 5.46. The van der Waals surface area contributed by atoms with Crippen LogP contribution in [0.25, 0.3) is 0 Å². The third-order valence-corrected chi connectivity index (χ3v) is 2.87. The van der Waals surface area contributed by atoms with E-state index >= 15 is 0 Å². The van der Waals surface area contributed by atoms with E-state index in [1.165, 1.54) is 0 Å². The van der Waals surface area contributed by atoms with Gasteiger partial charge < -0.3 is 20.1 Å². The predicted molar refractivity (Wildman–Crippen MR) is 74.6 cm³/mol. The highest BCUT2D eigenvalue weighted by Crippen LogP contribution is 2.25. The summed E-state index contributed by atoms with van der Waals surface area (Å²) in [6.45, 7) is 1.70. The molecule has 0 fully saturated rings. The van der Waals surface area contributed by atoms with Crippen LogP contribution >= 0.6 is 11.6 Å². The Morgan fingerprint density at radius 2 is 2.16 bits per heavy atom. The lowest BCUT2D eigenvalue weighted by molar-refractivity contribution is -0.120. The van der Waals surface area contributed by atoms with Crippen LogP contribution in [0.4, 0.5) is 0 Å². The van der Waals surface area contributed by atoms with Gasteiger partial charge >= 0.3 is 0 Å². The predicted octanol–water partition coefficient (Wildman–Crippen LogP) is 1.20. The van der Waals surface area contributed by atoms with Crippen LogP contribution in [-0.2, 0) is 16.1 Å². The molecule has 0 aliphatic carbocycles. The molecule has 1 amide bonds. The Balaban J connectivity index is 2.39. The molecule has 0 unspecified atom stereocenters. The molecule has 1 aromatic rings. The Bertz CT molecular complexity index is 413. The number of ether oxygens (including phenoxy) is 2. The maximum atomic E-state index is 11.5. The Morgan fingerprint density at radius 3 is 2.84 bits per heavy atom. The van der Waals surface area contributed by atoms with Crippen LogP contribution in [0.1, 0.15) is 5.56 Å². The van der Waals surface area contributed by atoms with Gasteiger partial charge in [0.15, 0.2) is 0 Å². The monoisotopic (exact) mass is 286 g/mol. The standard InChI is InChI=1S/C13H19ClN2O3/c1-18-7-6-16-13(17)9-15-8-10-11(14)4-3-5-12(10)19-2/h3-5,15H,6-9H2,1-2H3,(H,16,17). The molecule has 2 N–H and O–H groups in total. The summed E-state index contributed by atoms with van der Waals surface area (Å²) in [5.41, 5.74) is 0.844. The number of halogens is 1. The number of amides is 1. The molecule has 0 bridgehead atoms. The molecular weight excluding hydrogens is 268 g/mol. The van der Waals surface area contributed by atoms with Crippen LogP contribution in [0.3, 0.4) is 0 Å². The first-order valence-electron chi connectivity index (χ1n) is 5.96. The average molecular weight is 287 g/mol. The molecule has 0 aliphatic heterocycles.